The molecule has 0 aromatic heterocycles. The maximum Gasteiger partial charge on any atom is 0.269 e. The van der Waals surface area contributed by atoms with Gasteiger partial charge in [-0.25, -0.2) is 5.43 Å². The standard InChI is InChI=1S/C10H9N3O/c1-12-13-6-8-4-2-3-7(5-11)9(8)10(13)14/h2-4,12H,6H2,1H3. The predicted octanol–water partition coefficient (Wildman–Crippen LogP) is 0.648. The molecule has 70 valence electrons. The van der Waals surface area contributed by atoms with E-state index >= 15 is 0 Å². The zero-order valence-corrected chi connectivity index (χ0v) is 7.74. The monoisotopic (exact) mass is 187 g/mol. The zero-order chi connectivity index (χ0) is 10.1. The Bertz CT molecular complexity index is 433. The molecule has 0 saturated heterocycles. The molecule has 1 aliphatic rings. The molecular formula is C10H9N3O. The Hall–Kier alpha value is -1.86. The third-order valence-corrected chi connectivity index (χ3v) is 2.33. The van der Waals surface area contributed by atoms with Gasteiger partial charge in [0.05, 0.1) is 23.7 Å². The summed E-state index contributed by atoms with van der Waals surface area (Å²) < 4.78 is 0. The molecule has 0 aliphatic carbocycles. The Balaban J connectivity index is 2.55. The number of nitriles is 1. The summed E-state index contributed by atoms with van der Waals surface area (Å²) in [7, 11) is 1.69. The van der Waals surface area contributed by atoms with Gasteiger partial charge >= 0.3 is 0 Å². The summed E-state index contributed by atoms with van der Waals surface area (Å²) >= 11 is 0. The molecule has 0 radical (unpaired) electrons. The van der Waals surface area contributed by atoms with Gasteiger partial charge in [0.1, 0.15) is 0 Å². The zero-order valence-electron chi connectivity index (χ0n) is 7.74. The van der Waals surface area contributed by atoms with E-state index in [0.29, 0.717) is 17.7 Å². The summed E-state index contributed by atoms with van der Waals surface area (Å²) in [5.74, 6) is -0.125. The lowest BCUT2D eigenvalue weighted by Gasteiger charge is -2.12. The van der Waals surface area contributed by atoms with Gasteiger partial charge in [0, 0.05) is 7.05 Å². The Morgan fingerprint density at radius 2 is 2.36 bits per heavy atom. The van der Waals surface area contributed by atoms with Crippen molar-refractivity contribution in [1.82, 2.24) is 10.4 Å². The van der Waals surface area contributed by atoms with E-state index in [4.69, 9.17) is 5.26 Å². The molecule has 1 amide bonds. The minimum absolute atomic E-state index is 0.125. The van der Waals surface area contributed by atoms with Gasteiger partial charge in [0.15, 0.2) is 0 Å². The van der Waals surface area contributed by atoms with E-state index < -0.39 is 0 Å². The molecule has 1 heterocycles. The first-order valence-electron chi connectivity index (χ1n) is 4.29. The smallest absolute Gasteiger partial charge is 0.269 e. The Kier molecular flexibility index (Phi) is 1.95. The van der Waals surface area contributed by atoms with Gasteiger partial charge in [-0.2, -0.15) is 5.26 Å². The minimum Gasteiger partial charge on any atom is -0.270 e. The fourth-order valence-corrected chi connectivity index (χ4v) is 1.64. The molecule has 0 spiro atoms. The number of hydrazine groups is 1. The minimum atomic E-state index is -0.125. The first-order valence-corrected chi connectivity index (χ1v) is 4.29. The Morgan fingerprint density at radius 3 is 3.00 bits per heavy atom. The lowest BCUT2D eigenvalue weighted by Crippen LogP contribution is -2.35. The van der Waals surface area contributed by atoms with Crippen LogP contribution in [-0.2, 0) is 6.54 Å². The summed E-state index contributed by atoms with van der Waals surface area (Å²) in [5, 5.41) is 10.3. The number of fused-ring (bicyclic) bond motifs is 1. The number of nitrogens with zero attached hydrogens (tertiary/aromatic N) is 2. The SMILES string of the molecule is CNN1Cc2cccc(C#N)c2C1=O. The molecule has 14 heavy (non-hydrogen) atoms. The molecule has 1 aromatic carbocycles. The molecular weight excluding hydrogens is 178 g/mol. The number of carbonyl (C=O) groups excluding carboxylic acids is 1. The van der Waals surface area contributed by atoms with Crippen molar-refractivity contribution in [3.63, 3.8) is 0 Å². The summed E-state index contributed by atoms with van der Waals surface area (Å²) in [6.45, 7) is 0.528. The molecule has 0 saturated carbocycles. The predicted molar refractivity (Wildman–Crippen MR) is 50.1 cm³/mol. The van der Waals surface area contributed by atoms with Crippen molar-refractivity contribution in [3.05, 3.63) is 34.9 Å². The molecule has 0 bridgehead atoms. The van der Waals surface area contributed by atoms with Crippen LogP contribution < -0.4 is 5.43 Å². The topological polar surface area (TPSA) is 56.1 Å². The lowest BCUT2D eigenvalue weighted by molar-refractivity contribution is 0.0706. The maximum absolute atomic E-state index is 11.7. The number of hydrogen-bond donors (Lipinski definition) is 1. The highest BCUT2D eigenvalue weighted by Crippen LogP contribution is 2.23. The Morgan fingerprint density at radius 1 is 1.57 bits per heavy atom. The van der Waals surface area contributed by atoms with Crippen molar-refractivity contribution in [2.75, 3.05) is 7.05 Å². The fourth-order valence-electron chi connectivity index (χ4n) is 1.64. The summed E-state index contributed by atoms with van der Waals surface area (Å²) in [4.78, 5) is 11.7. The number of benzene rings is 1. The molecule has 0 fully saturated rings. The average molecular weight is 187 g/mol. The first kappa shape index (κ1) is 8.73. The van der Waals surface area contributed by atoms with Gasteiger partial charge < -0.3 is 0 Å². The van der Waals surface area contributed by atoms with Crippen molar-refractivity contribution in [3.8, 4) is 6.07 Å². The van der Waals surface area contributed by atoms with Gasteiger partial charge in [-0.05, 0) is 11.6 Å². The molecule has 2 rings (SSSR count). The first-order chi connectivity index (χ1) is 6.77. The van der Waals surface area contributed by atoms with Crippen LogP contribution in [0, 0.1) is 11.3 Å². The molecule has 0 unspecified atom stereocenters. The van der Waals surface area contributed by atoms with Crippen LogP contribution in [0.1, 0.15) is 21.5 Å². The number of carbonyl (C=O) groups is 1. The summed E-state index contributed by atoms with van der Waals surface area (Å²) in [6.07, 6.45) is 0. The van der Waals surface area contributed by atoms with E-state index in [0.717, 1.165) is 5.56 Å². The van der Waals surface area contributed by atoms with E-state index in [1.54, 1.807) is 19.2 Å². The highest BCUT2D eigenvalue weighted by atomic mass is 16.2. The maximum atomic E-state index is 11.7. The summed E-state index contributed by atoms with van der Waals surface area (Å²) in [6, 6.07) is 7.35. The van der Waals surface area contributed by atoms with Crippen molar-refractivity contribution in [2.45, 2.75) is 6.54 Å². The molecule has 1 N–H and O–H groups in total. The Labute approximate surface area is 81.7 Å². The third kappa shape index (κ3) is 1.07. The van der Waals surface area contributed by atoms with Crippen LogP contribution >= 0.6 is 0 Å². The van der Waals surface area contributed by atoms with Gasteiger partial charge in [-0.1, -0.05) is 12.1 Å². The van der Waals surface area contributed by atoms with E-state index in [1.165, 1.54) is 5.01 Å². The van der Waals surface area contributed by atoms with Crippen molar-refractivity contribution in [2.24, 2.45) is 0 Å². The number of rotatable bonds is 1. The molecule has 1 aromatic rings. The van der Waals surface area contributed by atoms with E-state index in [1.807, 2.05) is 12.1 Å². The molecule has 1 aliphatic heterocycles. The summed E-state index contributed by atoms with van der Waals surface area (Å²) in [5.41, 5.74) is 4.67. The fraction of sp³-hybridized carbons (Fsp3) is 0.200. The highest BCUT2D eigenvalue weighted by Gasteiger charge is 2.28. The second-order valence-electron chi connectivity index (χ2n) is 3.07. The second kappa shape index (κ2) is 3.13. The van der Waals surface area contributed by atoms with Crippen LogP contribution in [0.25, 0.3) is 0 Å². The number of amides is 1. The van der Waals surface area contributed by atoms with E-state index in [-0.39, 0.29) is 5.91 Å². The quantitative estimate of drug-likeness (QED) is 0.702. The molecule has 0 atom stereocenters. The highest BCUT2D eigenvalue weighted by molar-refractivity contribution is 6.00. The van der Waals surface area contributed by atoms with Gasteiger partial charge in [-0.15, -0.1) is 0 Å². The van der Waals surface area contributed by atoms with Gasteiger partial charge in [0.25, 0.3) is 5.91 Å². The van der Waals surface area contributed by atoms with Crippen LogP contribution in [0.4, 0.5) is 0 Å². The molecule has 4 nitrogen and oxygen atoms in total. The van der Waals surface area contributed by atoms with Crippen molar-refractivity contribution >= 4 is 5.91 Å². The van der Waals surface area contributed by atoms with Gasteiger partial charge in [-0.3, -0.25) is 9.80 Å². The van der Waals surface area contributed by atoms with Crippen LogP contribution in [-0.4, -0.2) is 18.0 Å². The van der Waals surface area contributed by atoms with Gasteiger partial charge in [0.2, 0.25) is 0 Å². The molecule has 4 heteroatoms. The van der Waals surface area contributed by atoms with E-state index in [2.05, 4.69) is 5.43 Å². The number of hydrogen-bond acceptors (Lipinski definition) is 3. The van der Waals surface area contributed by atoms with E-state index in [9.17, 15) is 4.79 Å². The van der Waals surface area contributed by atoms with Crippen LogP contribution in [0.2, 0.25) is 0 Å². The van der Waals surface area contributed by atoms with Crippen LogP contribution in [0.5, 0.6) is 0 Å². The largest absolute Gasteiger partial charge is 0.270 e. The lowest BCUT2D eigenvalue weighted by atomic mass is 10.0. The number of nitrogens with one attached hydrogen (secondary N) is 1. The van der Waals surface area contributed by atoms with Crippen molar-refractivity contribution in [1.29, 1.82) is 5.26 Å². The average Bonchev–Trinajstić information content (AvgIpc) is 2.55. The van der Waals surface area contributed by atoms with Crippen molar-refractivity contribution < 1.29 is 4.79 Å². The normalized spacial score (nSPS) is 14.0. The second-order valence-corrected chi connectivity index (χ2v) is 3.07. The van der Waals surface area contributed by atoms with Crippen LogP contribution in [0.15, 0.2) is 18.2 Å². The van der Waals surface area contributed by atoms with Crippen LogP contribution in [0.3, 0.4) is 0 Å². The third-order valence-electron chi connectivity index (χ3n) is 2.33.